The van der Waals surface area contributed by atoms with Crippen LogP contribution in [0.4, 0.5) is 0 Å². The molecule has 0 fully saturated rings. The Bertz CT molecular complexity index is 277. The molecule has 0 amide bonds. The Balaban J connectivity index is 2.83. The zero-order valence-electron chi connectivity index (χ0n) is 8.66. The molecule has 0 aromatic heterocycles. The van der Waals surface area contributed by atoms with E-state index in [1.165, 1.54) is 0 Å². The first-order valence-electron chi connectivity index (χ1n) is 4.63. The zero-order valence-corrected chi connectivity index (χ0v) is 8.66. The molecule has 1 rings (SSSR count). The molecule has 0 aromatic carbocycles. The largest absolute Gasteiger partial charge is 0.296 e. The Morgan fingerprint density at radius 3 is 2.62 bits per heavy atom. The number of nitrogens with zero attached hydrogens (tertiary/aromatic N) is 2. The molecule has 1 heterocycles. The molecule has 0 spiro atoms. The first kappa shape index (κ1) is 10.1. The van der Waals surface area contributed by atoms with Crippen molar-refractivity contribution in [2.24, 2.45) is 11.0 Å². The van der Waals surface area contributed by atoms with Crippen LogP contribution >= 0.6 is 0 Å². The Hall–Kier alpha value is -0.990. The van der Waals surface area contributed by atoms with Gasteiger partial charge in [0.1, 0.15) is 0 Å². The molecule has 13 heavy (non-hydrogen) atoms. The van der Waals surface area contributed by atoms with Crippen LogP contribution < -0.4 is 0 Å². The van der Waals surface area contributed by atoms with Gasteiger partial charge in [0.15, 0.2) is 12.8 Å². The average Bonchev–Trinajstić information content (AvgIpc) is 2.46. The highest BCUT2D eigenvalue weighted by Crippen LogP contribution is 2.24. The molecule has 71 valence electrons. The molecule has 0 saturated heterocycles. The van der Waals surface area contributed by atoms with Crippen molar-refractivity contribution in [1.29, 1.82) is 0 Å². The van der Waals surface area contributed by atoms with Crippen LogP contribution in [-0.4, -0.2) is 17.5 Å². The number of hydrogen-bond donors (Lipinski definition) is 0. The lowest BCUT2D eigenvalue weighted by molar-refractivity contribution is -0.515. The van der Waals surface area contributed by atoms with Crippen LogP contribution in [0.5, 0.6) is 0 Å². The summed E-state index contributed by atoms with van der Waals surface area (Å²) < 4.78 is 1.79. The van der Waals surface area contributed by atoms with Gasteiger partial charge in [-0.25, -0.2) is 0 Å². The summed E-state index contributed by atoms with van der Waals surface area (Å²) >= 11 is 0. The maximum Gasteiger partial charge on any atom is 0.247 e. The van der Waals surface area contributed by atoms with Crippen LogP contribution in [0.3, 0.4) is 0 Å². The summed E-state index contributed by atoms with van der Waals surface area (Å²) in [7, 11) is 1.88. The van der Waals surface area contributed by atoms with E-state index in [2.05, 4.69) is 19.0 Å². The number of ketones is 1. The smallest absolute Gasteiger partial charge is 0.247 e. The van der Waals surface area contributed by atoms with E-state index in [1.807, 2.05) is 20.0 Å². The summed E-state index contributed by atoms with van der Waals surface area (Å²) in [6, 6.07) is 0.591. The van der Waals surface area contributed by atoms with E-state index in [-0.39, 0.29) is 5.78 Å². The van der Waals surface area contributed by atoms with Gasteiger partial charge in [0, 0.05) is 18.4 Å². The minimum Gasteiger partial charge on any atom is -0.296 e. The maximum absolute atomic E-state index is 11.3. The number of azo groups is 2. The molecule has 1 aliphatic heterocycles. The van der Waals surface area contributed by atoms with E-state index in [9.17, 15) is 4.79 Å². The van der Waals surface area contributed by atoms with Crippen molar-refractivity contribution < 1.29 is 9.49 Å². The first-order valence-corrected chi connectivity index (χ1v) is 4.63. The van der Waals surface area contributed by atoms with Crippen LogP contribution in [-0.2, 0) is 4.79 Å². The molecule has 3 heteroatoms. The fourth-order valence-electron chi connectivity index (χ4n) is 1.34. The second kappa shape index (κ2) is 3.81. The molecular formula is C10H16N2O+. The van der Waals surface area contributed by atoms with Crippen molar-refractivity contribution >= 4 is 5.78 Å². The lowest BCUT2D eigenvalue weighted by atomic mass is 10.1. The molecular weight excluding hydrogens is 164 g/mol. The van der Waals surface area contributed by atoms with Crippen LogP contribution in [0.25, 0.3) is 0 Å². The molecule has 1 aliphatic rings. The van der Waals surface area contributed by atoms with Gasteiger partial charge in [-0.15, -0.1) is 0 Å². The summed E-state index contributed by atoms with van der Waals surface area (Å²) in [6.45, 7) is 6.04. The monoisotopic (exact) mass is 180 g/mol. The van der Waals surface area contributed by atoms with Crippen LogP contribution in [0.1, 0.15) is 27.2 Å². The summed E-state index contributed by atoms with van der Waals surface area (Å²) in [5.41, 5.74) is 1.11. The summed E-state index contributed by atoms with van der Waals surface area (Å²) in [5, 5.41) is 4.17. The standard InChI is InChI=1S/C10H16N2O/c1-5-10(13)8-6-9(7(2)3)12(4)11-8/h6-7H,5H2,1-4H3/q+1. The van der Waals surface area contributed by atoms with E-state index in [4.69, 9.17) is 0 Å². The molecule has 0 unspecified atom stereocenters. The molecule has 1 radical (unpaired) electrons. The van der Waals surface area contributed by atoms with Gasteiger partial charge >= 0.3 is 0 Å². The average molecular weight is 180 g/mol. The van der Waals surface area contributed by atoms with E-state index in [0.29, 0.717) is 18.4 Å². The van der Waals surface area contributed by atoms with Crippen molar-refractivity contribution in [3.05, 3.63) is 17.8 Å². The van der Waals surface area contributed by atoms with Gasteiger partial charge in [-0.05, 0) is 5.11 Å². The van der Waals surface area contributed by atoms with Gasteiger partial charge in [0.25, 0.3) is 0 Å². The number of rotatable bonds is 3. The van der Waals surface area contributed by atoms with Gasteiger partial charge in [-0.1, -0.05) is 25.5 Å². The van der Waals surface area contributed by atoms with Gasteiger partial charge in [0.2, 0.25) is 11.7 Å². The van der Waals surface area contributed by atoms with Crippen molar-refractivity contribution in [2.75, 3.05) is 7.05 Å². The van der Waals surface area contributed by atoms with Gasteiger partial charge in [-0.3, -0.25) is 4.79 Å². The number of hydrogen-bond acceptors (Lipinski definition) is 2. The number of carbonyl (C=O) groups is 1. The number of allylic oxidation sites excluding steroid dienone is 1. The third kappa shape index (κ3) is 2.02. The molecule has 0 aromatic rings. The highest BCUT2D eigenvalue weighted by Gasteiger charge is 2.31. The minimum atomic E-state index is 0.113. The molecule has 0 saturated carbocycles. The minimum absolute atomic E-state index is 0.113. The van der Waals surface area contributed by atoms with Crippen molar-refractivity contribution in [3.63, 3.8) is 0 Å². The maximum atomic E-state index is 11.3. The highest BCUT2D eigenvalue weighted by atomic mass is 16.1. The molecule has 0 aliphatic carbocycles. The van der Waals surface area contributed by atoms with E-state index < -0.39 is 0 Å². The van der Waals surface area contributed by atoms with Crippen LogP contribution in [0, 0.1) is 12.0 Å². The first-order chi connectivity index (χ1) is 6.06. The predicted octanol–water partition coefficient (Wildman–Crippen LogP) is 2.15. The SMILES string of the molecule is CCC(=O)[C]1C=C(C(C)C)[N+](C)=N1. The molecule has 0 N–H and O–H groups in total. The molecule has 0 atom stereocenters. The third-order valence-corrected chi connectivity index (χ3v) is 2.11. The van der Waals surface area contributed by atoms with E-state index in [0.717, 1.165) is 5.70 Å². The number of carbonyl (C=O) groups excluding carboxylic acids is 1. The quantitative estimate of drug-likeness (QED) is 0.612. The Morgan fingerprint density at radius 1 is 1.62 bits per heavy atom. The van der Waals surface area contributed by atoms with Gasteiger partial charge < -0.3 is 0 Å². The summed E-state index contributed by atoms with van der Waals surface area (Å²) in [5.74, 6) is 0.526. The summed E-state index contributed by atoms with van der Waals surface area (Å²) in [6.07, 6.45) is 2.41. The lowest BCUT2D eigenvalue weighted by Crippen LogP contribution is -2.04. The van der Waals surface area contributed by atoms with Gasteiger partial charge in [0.05, 0.1) is 0 Å². The van der Waals surface area contributed by atoms with E-state index >= 15 is 0 Å². The zero-order chi connectivity index (χ0) is 10.0. The lowest BCUT2D eigenvalue weighted by Gasteiger charge is -1.96. The van der Waals surface area contributed by atoms with Crippen molar-refractivity contribution in [3.8, 4) is 0 Å². The Labute approximate surface area is 79.1 Å². The Kier molecular flexibility index (Phi) is 2.96. The second-order valence-electron chi connectivity index (χ2n) is 3.51. The predicted molar refractivity (Wildman–Crippen MR) is 50.1 cm³/mol. The third-order valence-electron chi connectivity index (χ3n) is 2.11. The normalized spacial score (nSPS) is 17.6. The fourth-order valence-corrected chi connectivity index (χ4v) is 1.34. The molecule has 0 bridgehead atoms. The van der Waals surface area contributed by atoms with Gasteiger partial charge in [-0.2, -0.15) is 0 Å². The topological polar surface area (TPSA) is 32.4 Å². The second-order valence-corrected chi connectivity index (χ2v) is 3.51. The highest BCUT2D eigenvalue weighted by molar-refractivity contribution is 5.93. The van der Waals surface area contributed by atoms with Crippen molar-refractivity contribution in [2.45, 2.75) is 27.2 Å². The number of Topliss-reactive ketones (excluding diaryl/α,β-unsaturated/α-hetero) is 1. The fraction of sp³-hybridized carbons (Fsp3) is 0.600. The van der Waals surface area contributed by atoms with Crippen molar-refractivity contribution in [1.82, 2.24) is 0 Å². The van der Waals surface area contributed by atoms with Crippen LogP contribution in [0.2, 0.25) is 0 Å². The molecule has 3 nitrogen and oxygen atoms in total. The van der Waals surface area contributed by atoms with E-state index in [1.54, 1.807) is 4.70 Å². The Morgan fingerprint density at radius 2 is 2.23 bits per heavy atom. The summed E-state index contributed by atoms with van der Waals surface area (Å²) in [4.78, 5) is 11.3. The van der Waals surface area contributed by atoms with Crippen LogP contribution in [0.15, 0.2) is 16.9 Å².